The highest BCUT2D eigenvalue weighted by Gasteiger charge is 2.10. The lowest BCUT2D eigenvalue weighted by Crippen LogP contribution is -2.36. The van der Waals surface area contributed by atoms with Crippen LogP contribution in [0.3, 0.4) is 0 Å². The van der Waals surface area contributed by atoms with Crippen molar-refractivity contribution in [2.45, 2.75) is 53.1 Å². The molecule has 0 amide bonds. The number of aromatic nitrogens is 2. The Kier molecular flexibility index (Phi) is 6.36. The Morgan fingerprint density at radius 3 is 2.50 bits per heavy atom. The van der Waals surface area contributed by atoms with Gasteiger partial charge in [-0.15, -0.1) is 0 Å². The molecule has 2 N–H and O–H groups in total. The second kappa shape index (κ2) is 7.55. The zero-order valence-electron chi connectivity index (χ0n) is 13.4. The van der Waals surface area contributed by atoms with Crippen molar-refractivity contribution in [3.05, 3.63) is 27.9 Å². The van der Waals surface area contributed by atoms with Gasteiger partial charge in [0.15, 0.2) is 0 Å². The third-order valence-electron chi connectivity index (χ3n) is 3.20. The van der Waals surface area contributed by atoms with Crippen molar-refractivity contribution in [1.29, 1.82) is 0 Å². The largest absolute Gasteiger partial charge is 0.310 e. The zero-order chi connectivity index (χ0) is 15.2. The van der Waals surface area contributed by atoms with Gasteiger partial charge in [-0.3, -0.25) is 4.79 Å². The van der Waals surface area contributed by atoms with E-state index in [-0.39, 0.29) is 11.1 Å². The van der Waals surface area contributed by atoms with E-state index >= 15 is 0 Å². The van der Waals surface area contributed by atoms with E-state index in [9.17, 15) is 4.79 Å². The fourth-order valence-electron chi connectivity index (χ4n) is 1.93. The first kappa shape index (κ1) is 16.9. The van der Waals surface area contributed by atoms with Crippen molar-refractivity contribution < 1.29 is 0 Å². The number of hydrogen-bond acceptors (Lipinski definition) is 4. The molecule has 1 aromatic heterocycles. The molecule has 0 radical (unpaired) electrons. The van der Waals surface area contributed by atoms with Crippen molar-refractivity contribution in [3.63, 3.8) is 0 Å². The number of hydrogen-bond donors (Lipinski definition) is 2. The van der Waals surface area contributed by atoms with E-state index in [2.05, 4.69) is 54.8 Å². The maximum atomic E-state index is 11.7. The molecule has 0 aliphatic rings. The first-order valence-corrected chi connectivity index (χ1v) is 7.40. The molecule has 0 aromatic carbocycles. The third kappa shape index (κ3) is 6.30. The lowest BCUT2D eigenvalue weighted by atomic mass is 10.1. The molecule has 1 heterocycles. The molecule has 114 valence electrons. The quantitative estimate of drug-likeness (QED) is 0.795. The average molecular weight is 280 g/mol. The number of H-pyrrole nitrogens is 1. The van der Waals surface area contributed by atoms with Gasteiger partial charge in [-0.25, -0.2) is 4.98 Å². The number of aromatic amines is 1. The van der Waals surface area contributed by atoms with E-state index in [1.54, 1.807) is 6.07 Å². The Balaban J connectivity index is 2.68. The Labute approximate surface area is 121 Å². The summed E-state index contributed by atoms with van der Waals surface area (Å²) in [6, 6.07) is 1.57. The molecule has 1 aromatic rings. The van der Waals surface area contributed by atoms with E-state index in [4.69, 9.17) is 0 Å². The first-order valence-electron chi connectivity index (χ1n) is 7.40. The van der Waals surface area contributed by atoms with Crippen LogP contribution >= 0.6 is 0 Å². The summed E-state index contributed by atoms with van der Waals surface area (Å²) >= 11 is 0. The standard InChI is InChI=1S/C15H28N4O/c1-6-19(7-2)9-8-13-17-12(10-14(20)18-13)11-16-15(3,4)5/h10,16H,6-9,11H2,1-5H3,(H,17,18,20). The van der Waals surface area contributed by atoms with Gasteiger partial charge in [0, 0.05) is 31.1 Å². The van der Waals surface area contributed by atoms with Crippen LogP contribution < -0.4 is 10.9 Å². The van der Waals surface area contributed by atoms with Gasteiger partial charge in [-0.2, -0.15) is 0 Å². The molecule has 0 saturated carbocycles. The molecule has 20 heavy (non-hydrogen) atoms. The topological polar surface area (TPSA) is 61.0 Å². The number of rotatable bonds is 7. The summed E-state index contributed by atoms with van der Waals surface area (Å²) in [5.74, 6) is 0.773. The fourth-order valence-corrected chi connectivity index (χ4v) is 1.93. The predicted molar refractivity (Wildman–Crippen MR) is 82.9 cm³/mol. The minimum atomic E-state index is -0.0692. The second-order valence-electron chi connectivity index (χ2n) is 6.06. The van der Waals surface area contributed by atoms with Crippen molar-refractivity contribution in [3.8, 4) is 0 Å². The van der Waals surface area contributed by atoms with E-state index in [0.717, 1.165) is 37.6 Å². The lowest BCUT2D eigenvalue weighted by molar-refractivity contribution is 0.305. The summed E-state index contributed by atoms with van der Waals surface area (Å²) in [4.78, 5) is 21.4. The van der Waals surface area contributed by atoms with Crippen LogP contribution in [0.4, 0.5) is 0 Å². The molecule has 0 aliphatic carbocycles. The van der Waals surface area contributed by atoms with E-state index in [1.165, 1.54) is 0 Å². The van der Waals surface area contributed by atoms with Crippen LogP contribution in [0, 0.1) is 0 Å². The maximum Gasteiger partial charge on any atom is 0.251 e. The van der Waals surface area contributed by atoms with Crippen molar-refractivity contribution in [2.75, 3.05) is 19.6 Å². The van der Waals surface area contributed by atoms with Gasteiger partial charge in [-0.05, 0) is 33.9 Å². The van der Waals surface area contributed by atoms with E-state index in [1.807, 2.05) is 0 Å². The normalized spacial score (nSPS) is 12.1. The Morgan fingerprint density at radius 1 is 1.30 bits per heavy atom. The van der Waals surface area contributed by atoms with Crippen molar-refractivity contribution >= 4 is 0 Å². The molecule has 0 bridgehead atoms. The minimum Gasteiger partial charge on any atom is -0.310 e. The molecule has 0 saturated heterocycles. The molecule has 0 unspecified atom stereocenters. The molecular formula is C15H28N4O. The number of nitrogens with zero attached hydrogens (tertiary/aromatic N) is 2. The monoisotopic (exact) mass is 280 g/mol. The van der Waals surface area contributed by atoms with E-state index in [0.29, 0.717) is 6.54 Å². The zero-order valence-corrected chi connectivity index (χ0v) is 13.4. The average Bonchev–Trinajstić information content (AvgIpc) is 2.36. The van der Waals surface area contributed by atoms with Crippen LogP contribution in [0.15, 0.2) is 10.9 Å². The Bertz CT molecular complexity index is 458. The van der Waals surface area contributed by atoms with Gasteiger partial charge in [0.2, 0.25) is 0 Å². The summed E-state index contributed by atoms with van der Waals surface area (Å²) < 4.78 is 0. The Hall–Kier alpha value is -1.20. The smallest absolute Gasteiger partial charge is 0.251 e. The minimum absolute atomic E-state index is 0.0195. The summed E-state index contributed by atoms with van der Waals surface area (Å²) in [5, 5.41) is 3.35. The van der Waals surface area contributed by atoms with Crippen molar-refractivity contribution in [2.24, 2.45) is 0 Å². The molecule has 5 heteroatoms. The van der Waals surface area contributed by atoms with Crippen LogP contribution in [0.1, 0.15) is 46.1 Å². The van der Waals surface area contributed by atoms with Gasteiger partial charge in [0.05, 0.1) is 5.69 Å². The molecule has 1 rings (SSSR count). The second-order valence-corrected chi connectivity index (χ2v) is 6.06. The van der Waals surface area contributed by atoms with Gasteiger partial charge in [0.25, 0.3) is 5.56 Å². The summed E-state index contributed by atoms with van der Waals surface area (Å²) in [5.41, 5.74) is 0.754. The highest BCUT2D eigenvalue weighted by molar-refractivity contribution is 5.03. The summed E-state index contributed by atoms with van der Waals surface area (Å²) in [6.07, 6.45) is 0.778. The number of nitrogens with one attached hydrogen (secondary N) is 2. The SMILES string of the molecule is CCN(CC)CCc1nc(CNC(C)(C)C)cc(=O)[nH]1. The highest BCUT2D eigenvalue weighted by atomic mass is 16.1. The lowest BCUT2D eigenvalue weighted by Gasteiger charge is -2.20. The molecule has 0 fully saturated rings. The predicted octanol–water partition coefficient (Wildman–Crippen LogP) is 1.54. The highest BCUT2D eigenvalue weighted by Crippen LogP contribution is 2.02. The molecule has 0 atom stereocenters. The first-order chi connectivity index (χ1) is 9.34. The fraction of sp³-hybridized carbons (Fsp3) is 0.733. The Morgan fingerprint density at radius 2 is 1.95 bits per heavy atom. The van der Waals surface area contributed by atoms with Gasteiger partial charge < -0.3 is 15.2 Å². The van der Waals surface area contributed by atoms with E-state index < -0.39 is 0 Å². The van der Waals surface area contributed by atoms with Gasteiger partial charge in [-0.1, -0.05) is 13.8 Å². The van der Waals surface area contributed by atoms with Crippen LogP contribution in [0.2, 0.25) is 0 Å². The van der Waals surface area contributed by atoms with Crippen LogP contribution in [-0.4, -0.2) is 40.0 Å². The summed E-state index contributed by atoms with van der Waals surface area (Å²) in [6.45, 7) is 14.2. The maximum absolute atomic E-state index is 11.7. The van der Waals surface area contributed by atoms with Crippen LogP contribution in [0.25, 0.3) is 0 Å². The van der Waals surface area contributed by atoms with Gasteiger partial charge in [0.1, 0.15) is 5.82 Å². The van der Waals surface area contributed by atoms with Crippen molar-refractivity contribution in [1.82, 2.24) is 20.2 Å². The number of likely N-dealkylation sites (N-methyl/N-ethyl adjacent to an activating group) is 1. The van der Waals surface area contributed by atoms with Crippen LogP contribution in [-0.2, 0) is 13.0 Å². The summed E-state index contributed by atoms with van der Waals surface area (Å²) in [7, 11) is 0. The molecule has 5 nitrogen and oxygen atoms in total. The van der Waals surface area contributed by atoms with Gasteiger partial charge >= 0.3 is 0 Å². The molecular weight excluding hydrogens is 252 g/mol. The third-order valence-corrected chi connectivity index (χ3v) is 3.20. The molecule has 0 spiro atoms. The van der Waals surface area contributed by atoms with Crippen LogP contribution in [0.5, 0.6) is 0 Å². The molecule has 0 aliphatic heterocycles.